The first-order chi connectivity index (χ1) is 12.9. The lowest BCUT2D eigenvalue weighted by Gasteiger charge is -2.18. The Kier molecular flexibility index (Phi) is 7.46. The SMILES string of the molecule is CC(CC(=O)NCCCC(c1ccc(F)cc1)c1ccc(F)cc1)C(N)=O. The maximum atomic E-state index is 13.2. The quantitative estimate of drug-likeness (QED) is 0.660. The van der Waals surface area contributed by atoms with Gasteiger partial charge in [0.05, 0.1) is 0 Å². The molecule has 2 amide bonds. The van der Waals surface area contributed by atoms with Crippen LogP contribution in [0.4, 0.5) is 8.78 Å². The van der Waals surface area contributed by atoms with Gasteiger partial charge >= 0.3 is 0 Å². The van der Waals surface area contributed by atoms with Crippen molar-refractivity contribution in [2.45, 2.75) is 32.1 Å². The summed E-state index contributed by atoms with van der Waals surface area (Å²) in [5.74, 6) is -1.89. The molecule has 0 aliphatic rings. The first-order valence-electron chi connectivity index (χ1n) is 8.93. The van der Waals surface area contributed by atoms with Crippen molar-refractivity contribution in [1.82, 2.24) is 5.32 Å². The molecular formula is C21H24F2N2O2. The molecule has 3 N–H and O–H groups in total. The molecule has 4 nitrogen and oxygen atoms in total. The highest BCUT2D eigenvalue weighted by atomic mass is 19.1. The standard InChI is InChI=1S/C21H24F2N2O2/c1-14(21(24)27)13-20(26)25-12-2-3-19(15-4-8-17(22)9-5-15)16-6-10-18(23)11-7-16/h4-11,14,19H,2-3,12-13H2,1H3,(H2,24,27)(H,25,26). The third-order valence-electron chi connectivity index (χ3n) is 4.51. The Morgan fingerprint density at radius 3 is 1.89 bits per heavy atom. The molecule has 0 spiro atoms. The monoisotopic (exact) mass is 374 g/mol. The van der Waals surface area contributed by atoms with Gasteiger partial charge in [0.25, 0.3) is 0 Å². The molecular weight excluding hydrogens is 350 g/mol. The van der Waals surface area contributed by atoms with Crippen LogP contribution < -0.4 is 11.1 Å². The van der Waals surface area contributed by atoms with Crippen molar-refractivity contribution in [2.75, 3.05) is 6.54 Å². The van der Waals surface area contributed by atoms with E-state index in [-0.39, 0.29) is 29.9 Å². The van der Waals surface area contributed by atoms with Crippen LogP contribution in [0.15, 0.2) is 48.5 Å². The molecule has 2 rings (SSSR count). The van der Waals surface area contributed by atoms with Gasteiger partial charge in [-0.1, -0.05) is 31.2 Å². The van der Waals surface area contributed by atoms with Crippen LogP contribution >= 0.6 is 0 Å². The lowest BCUT2D eigenvalue weighted by molar-refractivity contribution is -0.127. The number of halogens is 2. The Labute approximate surface area is 157 Å². The largest absolute Gasteiger partial charge is 0.369 e. The van der Waals surface area contributed by atoms with Crippen LogP contribution in [0.3, 0.4) is 0 Å². The molecule has 2 aromatic rings. The average Bonchev–Trinajstić information content (AvgIpc) is 2.63. The molecule has 0 heterocycles. The number of benzene rings is 2. The highest BCUT2D eigenvalue weighted by molar-refractivity contribution is 5.84. The van der Waals surface area contributed by atoms with E-state index in [1.807, 2.05) is 0 Å². The normalized spacial score (nSPS) is 12.0. The minimum absolute atomic E-state index is 0.0346. The Morgan fingerprint density at radius 1 is 0.963 bits per heavy atom. The van der Waals surface area contributed by atoms with Gasteiger partial charge in [0, 0.05) is 24.8 Å². The minimum Gasteiger partial charge on any atom is -0.369 e. The Bertz CT molecular complexity index is 715. The van der Waals surface area contributed by atoms with Crippen LogP contribution in [0.1, 0.15) is 43.2 Å². The molecule has 0 radical (unpaired) electrons. The Hall–Kier alpha value is -2.76. The molecule has 0 saturated heterocycles. The van der Waals surface area contributed by atoms with Crippen LogP contribution in [0.2, 0.25) is 0 Å². The molecule has 1 atom stereocenters. The number of amides is 2. The summed E-state index contributed by atoms with van der Waals surface area (Å²) in [4.78, 5) is 22.8. The highest BCUT2D eigenvalue weighted by Gasteiger charge is 2.16. The van der Waals surface area contributed by atoms with Crippen LogP contribution in [0.5, 0.6) is 0 Å². The predicted molar refractivity (Wildman–Crippen MR) is 99.9 cm³/mol. The smallest absolute Gasteiger partial charge is 0.220 e. The fourth-order valence-electron chi connectivity index (χ4n) is 2.90. The molecule has 0 bridgehead atoms. The van der Waals surface area contributed by atoms with E-state index in [0.29, 0.717) is 19.4 Å². The van der Waals surface area contributed by atoms with E-state index < -0.39 is 11.8 Å². The first kappa shape index (κ1) is 20.6. The molecule has 0 fully saturated rings. The molecule has 0 saturated carbocycles. The second kappa shape index (κ2) is 9.80. The van der Waals surface area contributed by atoms with Gasteiger partial charge in [-0.3, -0.25) is 9.59 Å². The lowest BCUT2D eigenvalue weighted by Crippen LogP contribution is -2.30. The molecule has 0 aromatic heterocycles. The fourth-order valence-corrected chi connectivity index (χ4v) is 2.90. The van der Waals surface area contributed by atoms with E-state index in [1.165, 1.54) is 24.3 Å². The molecule has 2 aromatic carbocycles. The van der Waals surface area contributed by atoms with E-state index >= 15 is 0 Å². The van der Waals surface area contributed by atoms with Gasteiger partial charge in [-0.05, 0) is 48.2 Å². The summed E-state index contributed by atoms with van der Waals surface area (Å²) in [5.41, 5.74) is 7.01. The third kappa shape index (κ3) is 6.47. The van der Waals surface area contributed by atoms with Crippen molar-refractivity contribution < 1.29 is 18.4 Å². The van der Waals surface area contributed by atoms with Crippen LogP contribution in [-0.2, 0) is 9.59 Å². The van der Waals surface area contributed by atoms with E-state index in [1.54, 1.807) is 31.2 Å². The molecule has 6 heteroatoms. The zero-order chi connectivity index (χ0) is 19.8. The zero-order valence-corrected chi connectivity index (χ0v) is 15.3. The topological polar surface area (TPSA) is 72.2 Å². The van der Waals surface area contributed by atoms with Crippen LogP contribution in [0.25, 0.3) is 0 Å². The van der Waals surface area contributed by atoms with Crippen molar-refractivity contribution in [3.05, 3.63) is 71.3 Å². The number of carbonyl (C=O) groups excluding carboxylic acids is 2. The highest BCUT2D eigenvalue weighted by Crippen LogP contribution is 2.29. The lowest BCUT2D eigenvalue weighted by atomic mass is 9.87. The minimum atomic E-state index is -0.504. The molecule has 0 aliphatic carbocycles. The number of carbonyl (C=O) groups is 2. The Morgan fingerprint density at radius 2 is 1.44 bits per heavy atom. The van der Waals surface area contributed by atoms with E-state index in [2.05, 4.69) is 5.32 Å². The number of nitrogens with two attached hydrogens (primary N) is 1. The van der Waals surface area contributed by atoms with Crippen molar-refractivity contribution in [1.29, 1.82) is 0 Å². The Balaban J connectivity index is 1.96. The first-order valence-corrected chi connectivity index (χ1v) is 8.93. The number of hydrogen-bond donors (Lipinski definition) is 2. The summed E-state index contributed by atoms with van der Waals surface area (Å²) in [5, 5.41) is 2.78. The van der Waals surface area contributed by atoms with Gasteiger partial charge in [-0.2, -0.15) is 0 Å². The molecule has 1 unspecified atom stereocenters. The van der Waals surface area contributed by atoms with Gasteiger partial charge in [-0.15, -0.1) is 0 Å². The summed E-state index contributed by atoms with van der Waals surface area (Å²) in [6.07, 6.45) is 1.44. The maximum Gasteiger partial charge on any atom is 0.220 e. The van der Waals surface area contributed by atoms with Crippen molar-refractivity contribution in [3.8, 4) is 0 Å². The van der Waals surface area contributed by atoms with Crippen molar-refractivity contribution in [3.63, 3.8) is 0 Å². The third-order valence-corrected chi connectivity index (χ3v) is 4.51. The van der Waals surface area contributed by atoms with Gasteiger partial charge in [0.2, 0.25) is 11.8 Å². The van der Waals surface area contributed by atoms with Gasteiger partial charge in [0.1, 0.15) is 11.6 Å². The number of nitrogens with one attached hydrogen (secondary N) is 1. The number of primary amides is 1. The molecule has 0 aliphatic heterocycles. The van der Waals surface area contributed by atoms with E-state index in [4.69, 9.17) is 5.73 Å². The van der Waals surface area contributed by atoms with Crippen LogP contribution in [-0.4, -0.2) is 18.4 Å². The summed E-state index contributed by atoms with van der Waals surface area (Å²) in [6.45, 7) is 2.06. The maximum absolute atomic E-state index is 13.2. The average molecular weight is 374 g/mol. The van der Waals surface area contributed by atoms with Crippen molar-refractivity contribution >= 4 is 11.8 Å². The summed E-state index contributed by atoms with van der Waals surface area (Å²) in [7, 11) is 0. The second-order valence-corrected chi connectivity index (χ2v) is 6.66. The molecule has 144 valence electrons. The second-order valence-electron chi connectivity index (χ2n) is 6.66. The predicted octanol–water partition coefficient (Wildman–Crippen LogP) is 3.50. The summed E-state index contributed by atoms with van der Waals surface area (Å²) < 4.78 is 26.5. The summed E-state index contributed by atoms with van der Waals surface area (Å²) in [6, 6.07) is 12.5. The summed E-state index contributed by atoms with van der Waals surface area (Å²) >= 11 is 0. The van der Waals surface area contributed by atoms with Gasteiger partial charge in [0.15, 0.2) is 0 Å². The molecule has 27 heavy (non-hydrogen) atoms. The zero-order valence-electron chi connectivity index (χ0n) is 15.3. The number of rotatable bonds is 9. The van der Waals surface area contributed by atoms with Gasteiger partial charge < -0.3 is 11.1 Å². The van der Waals surface area contributed by atoms with E-state index in [0.717, 1.165) is 11.1 Å². The van der Waals surface area contributed by atoms with Crippen LogP contribution in [0, 0.1) is 17.6 Å². The van der Waals surface area contributed by atoms with Crippen molar-refractivity contribution in [2.24, 2.45) is 11.7 Å². The number of hydrogen-bond acceptors (Lipinski definition) is 2. The fraction of sp³-hybridized carbons (Fsp3) is 0.333. The van der Waals surface area contributed by atoms with E-state index in [9.17, 15) is 18.4 Å². The van der Waals surface area contributed by atoms with Gasteiger partial charge in [-0.25, -0.2) is 8.78 Å².